The highest BCUT2D eigenvalue weighted by molar-refractivity contribution is 6.12. The Kier molecular flexibility index (Phi) is 6.42. The van der Waals surface area contributed by atoms with Gasteiger partial charge in [-0.15, -0.1) is 0 Å². The normalized spacial score (nSPS) is 13.8. The first kappa shape index (κ1) is 15.9. The fourth-order valence-corrected chi connectivity index (χ4v) is 1.70. The van der Waals surface area contributed by atoms with Gasteiger partial charge in [-0.2, -0.15) is 0 Å². The average Bonchev–Trinajstić information content (AvgIpc) is 2.74. The number of nitrogens with zero attached hydrogens (tertiary/aromatic N) is 1. The molecule has 7 heteroatoms. The molecule has 20 heavy (non-hydrogen) atoms. The molecule has 0 unspecified atom stereocenters. The number of hydrogen-bond acceptors (Lipinski definition) is 5. The molecule has 0 fully saturated rings. The van der Waals surface area contributed by atoms with Gasteiger partial charge in [0.15, 0.2) is 0 Å². The highest BCUT2D eigenvalue weighted by atomic mass is 16.5. The second kappa shape index (κ2) is 8.08. The van der Waals surface area contributed by atoms with E-state index in [1.54, 1.807) is 0 Å². The van der Waals surface area contributed by atoms with Crippen LogP contribution in [0.3, 0.4) is 0 Å². The minimum atomic E-state index is -0.337. The van der Waals surface area contributed by atoms with Crippen molar-refractivity contribution in [2.75, 3.05) is 20.2 Å². The summed E-state index contributed by atoms with van der Waals surface area (Å²) >= 11 is 0. The third-order valence-corrected chi connectivity index (χ3v) is 2.79. The lowest BCUT2D eigenvalue weighted by molar-refractivity contribution is -0.141. The van der Waals surface area contributed by atoms with Gasteiger partial charge in [0.2, 0.25) is 5.91 Å². The maximum atomic E-state index is 11.4. The molecule has 0 aromatic carbocycles. The number of nitrogens with one attached hydrogen (secondary N) is 1. The van der Waals surface area contributed by atoms with Gasteiger partial charge in [0.1, 0.15) is 0 Å². The van der Waals surface area contributed by atoms with Gasteiger partial charge in [0, 0.05) is 38.1 Å². The summed E-state index contributed by atoms with van der Waals surface area (Å²) in [4.78, 5) is 45.8. The fraction of sp³-hybridized carbons (Fsp3) is 0.538. The smallest absolute Gasteiger partial charge is 0.305 e. The van der Waals surface area contributed by atoms with Crippen LogP contribution in [0.1, 0.15) is 25.7 Å². The van der Waals surface area contributed by atoms with Crippen LogP contribution in [0.5, 0.6) is 0 Å². The van der Waals surface area contributed by atoms with Crippen LogP contribution in [0.2, 0.25) is 0 Å². The average molecular weight is 282 g/mol. The van der Waals surface area contributed by atoms with Crippen molar-refractivity contribution in [3.05, 3.63) is 12.2 Å². The van der Waals surface area contributed by atoms with Crippen LogP contribution in [0.4, 0.5) is 0 Å². The molecule has 0 aliphatic carbocycles. The van der Waals surface area contributed by atoms with E-state index in [4.69, 9.17) is 0 Å². The summed E-state index contributed by atoms with van der Waals surface area (Å²) in [6.07, 6.45) is 3.86. The van der Waals surface area contributed by atoms with Crippen molar-refractivity contribution in [3.63, 3.8) is 0 Å². The summed E-state index contributed by atoms with van der Waals surface area (Å²) in [5, 5.41) is 2.67. The lowest BCUT2D eigenvalue weighted by Gasteiger charge is -2.13. The van der Waals surface area contributed by atoms with Crippen molar-refractivity contribution >= 4 is 23.7 Å². The summed E-state index contributed by atoms with van der Waals surface area (Å²) in [7, 11) is 1.30. The molecule has 0 bridgehead atoms. The zero-order chi connectivity index (χ0) is 15.0. The second-order valence-corrected chi connectivity index (χ2v) is 4.29. The molecular weight excluding hydrogens is 264 g/mol. The standard InChI is InChI=1S/C13H18N2O5/c1-20-13(19)5-2-4-10(16)14-8-3-9-15-11(17)6-7-12(15)18/h6-7H,2-5,8-9H2,1H3,(H,14,16). The van der Waals surface area contributed by atoms with E-state index in [9.17, 15) is 19.2 Å². The minimum absolute atomic E-state index is 0.161. The Labute approximate surface area is 116 Å². The predicted molar refractivity (Wildman–Crippen MR) is 69.4 cm³/mol. The summed E-state index contributed by atoms with van der Waals surface area (Å²) in [5.41, 5.74) is 0. The SMILES string of the molecule is COC(=O)CCCC(=O)NCCCN1C(=O)C=CC1=O. The van der Waals surface area contributed by atoms with Crippen molar-refractivity contribution in [3.8, 4) is 0 Å². The Morgan fingerprint density at radius 2 is 1.80 bits per heavy atom. The quantitative estimate of drug-likeness (QED) is 0.377. The van der Waals surface area contributed by atoms with Gasteiger partial charge >= 0.3 is 5.97 Å². The maximum absolute atomic E-state index is 11.4. The lowest BCUT2D eigenvalue weighted by Crippen LogP contribution is -2.33. The number of carbonyl (C=O) groups excluding carboxylic acids is 4. The van der Waals surface area contributed by atoms with Crippen LogP contribution in [-0.2, 0) is 23.9 Å². The third kappa shape index (κ3) is 5.21. The number of ether oxygens (including phenoxy) is 1. The van der Waals surface area contributed by atoms with Crippen LogP contribution < -0.4 is 5.32 Å². The molecule has 0 saturated heterocycles. The summed E-state index contributed by atoms with van der Waals surface area (Å²) in [6.45, 7) is 0.668. The molecule has 0 saturated carbocycles. The molecule has 0 atom stereocenters. The number of esters is 1. The Balaban J connectivity index is 2.06. The Morgan fingerprint density at radius 3 is 2.40 bits per heavy atom. The Hall–Kier alpha value is -2.18. The van der Waals surface area contributed by atoms with Crippen molar-refractivity contribution in [1.82, 2.24) is 10.2 Å². The first-order valence-corrected chi connectivity index (χ1v) is 6.41. The molecular formula is C13H18N2O5. The summed E-state index contributed by atoms with van der Waals surface area (Å²) < 4.78 is 4.46. The fourth-order valence-electron chi connectivity index (χ4n) is 1.70. The number of amides is 3. The van der Waals surface area contributed by atoms with Crippen molar-refractivity contribution in [1.29, 1.82) is 0 Å². The van der Waals surface area contributed by atoms with E-state index in [2.05, 4.69) is 10.1 Å². The number of imide groups is 1. The lowest BCUT2D eigenvalue weighted by atomic mass is 10.2. The van der Waals surface area contributed by atoms with Crippen molar-refractivity contribution < 1.29 is 23.9 Å². The van der Waals surface area contributed by atoms with Gasteiger partial charge in [0.25, 0.3) is 11.8 Å². The molecule has 1 heterocycles. The molecule has 0 aromatic heterocycles. The predicted octanol–water partition coefficient (Wildman–Crippen LogP) is -0.239. The number of carbonyl (C=O) groups is 4. The molecule has 1 N–H and O–H groups in total. The van der Waals surface area contributed by atoms with E-state index in [1.165, 1.54) is 19.3 Å². The monoisotopic (exact) mass is 282 g/mol. The van der Waals surface area contributed by atoms with Gasteiger partial charge in [-0.1, -0.05) is 0 Å². The third-order valence-electron chi connectivity index (χ3n) is 2.79. The van der Waals surface area contributed by atoms with Gasteiger partial charge in [-0.25, -0.2) is 0 Å². The molecule has 1 rings (SSSR count). The highest BCUT2D eigenvalue weighted by Gasteiger charge is 2.22. The van der Waals surface area contributed by atoms with Crippen LogP contribution in [-0.4, -0.2) is 48.8 Å². The largest absolute Gasteiger partial charge is 0.469 e. The first-order valence-electron chi connectivity index (χ1n) is 6.41. The Bertz CT molecular complexity index is 412. The molecule has 0 radical (unpaired) electrons. The van der Waals surface area contributed by atoms with Crippen LogP contribution in [0.15, 0.2) is 12.2 Å². The first-order chi connectivity index (χ1) is 9.54. The Morgan fingerprint density at radius 1 is 1.15 bits per heavy atom. The van der Waals surface area contributed by atoms with Gasteiger partial charge in [0.05, 0.1) is 7.11 Å². The van der Waals surface area contributed by atoms with Gasteiger partial charge in [-0.3, -0.25) is 24.1 Å². The number of hydrogen-bond donors (Lipinski definition) is 1. The molecule has 1 aliphatic rings. The van der Waals surface area contributed by atoms with E-state index < -0.39 is 0 Å². The molecule has 1 aliphatic heterocycles. The van der Waals surface area contributed by atoms with E-state index in [1.807, 2.05) is 0 Å². The van der Waals surface area contributed by atoms with Crippen molar-refractivity contribution in [2.45, 2.75) is 25.7 Å². The zero-order valence-electron chi connectivity index (χ0n) is 11.4. The van der Waals surface area contributed by atoms with Crippen LogP contribution in [0, 0.1) is 0 Å². The highest BCUT2D eigenvalue weighted by Crippen LogP contribution is 2.03. The minimum Gasteiger partial charge on any atom is -0.469 e. The van der Waals surface area contributed by atoms with E-state index in [-0.39, 0.29) is 43.1 Å². The molecule has 3 amide bonds. The molecule has 0 spiro atoms. The van der Waals surface area contributed by atoms with Crippen molar-refractivity contribution in [2.24, 2.45) is 0 Å². The van der Waals surface area contributed by atoms with Gasteiger partial charge < -0.3 is 10.1 Å². The topological polar surface area (TPSA) is 92.8 Å². The van der Waals surface area contributed by atoms with E-state index >= 15 is 0 Å². The second-order valence-electron chi connectivity index (χ2n) is 4.29. The zero-order valence-corrected chi connectivity index (χ0v) is 11.4. The summed E-state index contributed by atoms with van der Waals surface area (Å²) in [5.74, 6) is -1.14. The summed E-state index contributed by atoms with van der Waals surface area (Å²) in [6, 6.07) is 0. The van der Waals surface area contributed by atoms with Crippen LogP contribution in [0.25, 0.3) is 0 Å². The van der Waals surface area contributed by atoms with Gasteiger partial charge in [-0.05, 0) is 12.8 Å². The molecule has 110 valence electrons. The number of rotatable bonds is 8. The van der Waals surface area contributed by atoms with E-state index in [0.717, 1.165) is 4.90 Å². The molecule has 0 aromatic rings. The maximum Gasteiger partial charge on any atom is 0.305 e. The van der Waals surface area contributed by atoms with E-state index in [0.29, 0.717) is 19.4 Å². The van der Waals surface area contributed by atoms with Crippen LogP contribution >= 0.6 is 0 Å². The molecule has 7 nitrogen and oxygen atoms in total. The number of methoxy groups -OCH3 is 1.